The normalized spacial score (nSPS) is 48.6. The van der Waals surface area contributed by atoms with Crippen molar-refractivity contribution in [2.45, 2.75) is 31.7 Å². The third kappa shape index (κ3) is 2.14. The molecular weight excluding hydrogens is 234 g/mol. The fourth-order valence-electron chi connectivity index (χ4n) is 5.57. The van der Waals surface area contributed by atoms with E-state index in [1.54, 1.807) is 0 Å². The van der Waals surface area contributed by atoms with E-state index in [9.17, 15) is 0 Å². The highest BCUT2D eigenvalue weighted by molar-refractivity contribution is 5.01. The molecule has 108 valence electrons. The second-order valence-electron chi connectivity index (χ2n) is 8.07. The lowest BCUT2D eigenvalue weighted by Crippen LogP contribution is -2.36. The first-order valence-corrected chi connectivity index (χ1v) is 8.25. The van der Waals surface area contributed by atoms with Crippen LogP contribution in [0.15, 0.2) is 0 Å². The van der Waals surface area contributed by atoms with Crippen LogP contribution in [-0.2, 0) is 0 Å². The fourth-order valence-corrected chi connectivity index (χ4v) is 5.57. The van der Waals surface area contributed by atoms with Crippen LogP contribution in [0.3, 0.4) is 0 Å². The molecule has 3 heteroatoms. The van der Waals surface area contributed by atoms with Crippen LogP contribution in [0.1, 0.15) is 25.7 Å². The molecular formula is C16H29N3. The molecule has 0 radical (unpaired) electrons. The van der Waals surface area contributed by atoms with E-state index in [4.69, 9.17) is 0 Å². The third-order valence-corrected chi connectivity index (χ3v) is 6.52. The molecule has 0 aromatic heterocycles. The van der Waals surface area contributed by atoms with Crippen molar-refractivity contribution in [2.24, 2.45) is 17.3 Å². The fraction of sp³-hybridized carbons (Fsp3) is 1.00. The molecule has 3 heterocycles. The van der Waals surface area contributed by atoms with Crippen molar-refractivity contribution in [2.75, 3.05) is 53.4 Å². The average Bonchev–Trinajstić information content (AvgIpc) is 3.05. The zero-order chi connectivity index (χ0) is 13.0. The first-order chi connectivity index (χ1) is 9.13. The molecule has 3 nitrogen and oxygen atoms in total. The maximum absolute atomic E-state index is 2.87. The van der Waals surface area contributed by atoms with Crippen molar-refractivity contribution in [1.82, 2.24) is 14.7 Å². The Kier molecular flexibility index (Phi) is 2.95. The van der Waals surface area contributed by atoms with Crippen molar-refractivity contribution in [3.63, 3.8) is 0 Å². The Morgan fingerprint density at radius 3 is 2.16 bits per heavy atom. The molecule has 0 aromatic rings. The maximum atomic E-state index is 2.87. The van der Waals surface area contributed by atoms with Gasteiger partial charge in [-0.15, -0.1) is 0 Å². The molecule has 0 N–H and O–H groups in total. The molecule has 1 saturated carbocycles. The number of hydrogen-bond donors (Lipinski definition) is 0. The second-order valence-corrected chi connectivity index (χ2v) is 8.07. The van der Waals surface area contributed by atoms with Gasteiger partial charge in [0.25, 0.3) is 0 Å². The van der Waals surface area contributed by atoms with E-state index in [0.29, 0.717) is 5.41 Å². The van der Waals surface area contributed by atoms with Gasteiger partial charge in [-0.05, 0) is 70.1 Å². The van der Waals surface area contributed by atoms with Gasteiger partial charge in [-0.1, -0.05) is 0 Å². The van der Waals surface area contributed by atoms with Gasteiger partial charge in [-0.3, -0.25) is 4.90 Å². The lowest BCUT2D eigenvalue weighted by atomic mass is 9.86. The zero-order valence-corrected chi connectivity index (χ0v) is 12.6. The van der Waals surface area contributed by atoms with Crippen molar-refractivity contribution in [1.29, 1.82) is 0 Å². The summed E-state index contributed by atoms with van der Waals surface area (Å²) in [5, 5.41) is 0. The van der Waals surface area contributed by atoms with Crippen molar-refractivity contribution >= 4 is 0 Å². The Labute approximate surface area is 117 Å². The highest BCUT2D eigenvalue weighted by Crippen LogP contribution is 2.45. The number of likely N-dealkylation sites (tertiary alicyclic amines) is 3. The lowest BCUT2D eigenvalue weighted by molar-refractivity contribution is 0.192. The second kappa shape index (κ2) is 4.44. The summed E-state index contributed by atoms with van der Waals surface area (Å²) < 4.78 is 0. The standard InChI is InChI=1S/C16H29N3/c1-17-5-3-16(11-17)4-6-19(12-16)15-7-13-9-18(2)10-14(13)8-15/h13-15H,3-12H2,1-2H3. The van der Waals surface area contributed by atoms with Gasteiger partial charge in [0.2, 0.25) is 0 Å². The van der Waals surface area contributed by atoms with Gasteiger partial charge in [0.15, 0.2) is 0 Å². The van der Waals surface area contributed by atoms with E-state index in [0.717, 1.165) is 17.9 Å². The van der Waals surface area contributed by atoms with Crippen molar-refractivity contribution in [3.05, 3.63) is 0 Å². The summed E-state index contributed by atoms with van der Waals surface area (Å²) in [5.41, 5.74) is 0.670. The van der Waals surface area contributed by atoms with Crippen LogP contribution in [0.4, 0.5) is 0 Å². The molecule has 0 amide bonds. The van der Waals surface area contributed by atoms with E-state index >= 15 is 0 Å². The van der Waals surface area contributed by atoms with E-state index in [1.165, 1.54) is 65.0 Å². The van der Waals surface area contributed by atoms with E-state index < -0.39 is 0 Å². The van der Waals surface area contributed by atoms with Gasteiger partial charge >= 0.3 is 0 Å². The summed E-state index contributed by atoms with van der Waals surface area (Å²) >= 11 is 0. The largest absolute Gasteiger partial charge is 0.306 e. The first-order valence-electron chi connectivity index (χ1n) is 8.25. The predicted octanol–water partition coefficient (Wildman–Crippen LogP) is 1.35. The van der Waals surface area contributed by atoms with Gasteiger partial charge < -0.3 is 9.80 Å². The van der Waals surface area contributed by atoms with Crippen LogP contribution in [-0.4, -0.2) is 74.1 Å². The van der Waals surface area contributed by atoms with Crippen molar-refractivity contribution < 1.29 is 0 Å². The average molecular weight is 263 g/mol. The van der Waals surface area contributed by atoms with Crippen LogP contribution in [0, 0.1) is 17.3 Å². The number of fused-ring (bicyclic) bond motifs is 1. The summed E-state index contributed by atoms with van der Waals surface area (Å²) in [6, 6.07) is 0.925. The monoisotopic (exact) mass is 263 g/mol. The number of hydrogen-bond acceptors (Lipinski definition) is 3. The minimum Gasteiger partial charge on any atom is -0.306 e. The molecule has 1 spiro atoms. The SMILES string of the molecule is CN1CC2CC(N3CCC4(CCN(C)C4)C3)CC2C1. The molecule has 19 heavy (non-hydrogen) atoms. The van der Waals surface area contributed by atoms with Crippen LogP contribution < -0.4 is 0 Å². The Morgan fingerprint density at radius 1 is 0.842 bits per heavy atom. The van der Waals surface area contributed by atoms with Crippen molar-refractivity contribution in [3.8, 4) is 0 Å². The predicted molar refractivity (Wildman–Crippen MR) is 78.2 cm³/mol. The van der Waals surface area contributed by atoms with Gasteiger partial charge in [0.05, 0.1) is 0 Å². The third-order valence-electron chi connectivity index (χ3n) is 6.52. The van der Waals surface area contributed by atoms with E-state index in [-0.39, 0.29) is 0 Å². The summed E-state index contributed by atoms with van der Waals surface area (Å²) in [4.78, 5) is 7.96. The highest BCUT2D eigenvalue weighted by atomic mass is 15.2. The molecule has 3 aliphatic heterocycles. The summed E-state index contributed by atoms with van der Waals surface area (Å²) in [7, 11) is 4.60. The van der Waals surface area contributed by atoms with Crippen LogP contribution in [0.2, 0.25) is 0 Å². The summed E-state index contributed by atoms with van der Waals surface area (Å²) in [6.45, 7) is 8.19. The van der Waals surface area contributed by atoms with Gasteiger partial charge in [0, 0.05) is 32.2 Å². The summed E-state index contributed by atoms with van der Waals surface area (Å²) in [5.74, 6) is 2.02. The minimum absolute atomic E-state index is 0.670. The number of nitrogens with zero attached hydrogens (tertiary/aromatic N) is 3. The molecule has 1 aliphatic carbocycles. The minimum atomic E-state index is 0.670. The Hall–Kier alpha value is -0.120. The summed E-state index contributed by atoms with van der Waals surface area (Å²) in [6.07, 6.45) is 5.88. The first kappa shape index (κ1) is 12.6. The van der Waals surface area contributed by atoms with Crippen LogP contribution in [0.25, 0.3) is 0 Å². The van der Waals surface area contributed by atoms with Gasteiger partial charge in [0.1, 0.15) is 0 Å². The highest BCUT2D eigenvalue weighted by Gasteiger charge is 2.47. The zero-order valence-electron chi connectivity index (χ0n) is 12.6. The molecule has 4 rings (SSSR count). The Bertz CT molecular complexity index is 344. The number of rotatable bonds is 1. The molecule has 4 fully saturated rings. The van der Waals surface area contributed by atoms with Gasteiger partial charge in [-0.2, -0.15) is 0 Å². The van der Waals surface area contributed by atoms with Crippen LogP contribution >= 0.6 is 0 Å². The smallest absolute Gasteiger partial charge is 0.0102 e. The molecule has 4 aliphatic rings. The lowest BCUT2D eigenvalue weighted by Gasteiger charge is -2.28. The molecule has 3 unspecified atom stereocenters. The molecule has 0 bridgehead atoms. The van der Waals surface area contributed by atoms with E-state index in [2.05, 4.69) is 28.8 Å². The Morgan fingerprint density at radius 2 is 1.53 bits per heavy atom. The molecule has 3 atom stereocenters. The molecule has 0 aromatic carbocycles. The van der Waals surface area contributed by atoms with E-state index in [1.807, 2.05) is 0 Å². The topological polar surface area (TPSA) is 9.72 Å². The van der Waals surface area contributed by atoms with Gasteiger partial charge in [-0.25, -0.2) is 0 Å². The van der Waals surface area contributed by atoms with Crippen LogP contribution in [0.5, 0.6) is 0 Å². The molecule has 3 saturated heterocycles. The quantitative estimate of drug-likeness (QED) is 0.707. The Balaban J connectivity index is 1.38. The maximum Gasteiger partial charge on any atom is 0.0102 e.